The highest BCUT2D eigenvalue weighted by molar-refractivity contribution is 9.10. The van der Waals surface area contributed by atoms with Gasteiger partial charge in [0.1, 0.15) is 18.0 Å². The van der Waals surface area contributed by atoms with Gasteiger partial charge in [-0.15, -0.1) is 0 Å². The second-order valence-electron chi connectivity index (χ2n) is 6.85. The number of anilines is 2. The third-order valence-corrected chi connectivity index (χ3v) is 5.32. The summed E-state index contributed by atoms with van der Waals surface area (Å²) in [5.41, 5.74) is 1.97. The van der Waals surface area contributed by atoms with Crippen LogP contribution >= 0.6 is 15.9 Å². The van der Waals surface area contributed by atoms with Crippen LogP contribution in [-0.4, -0.2) is 33.9 Å². The molecule has 2 aromatic heterocycles. The molecule has 0 spiro atoms. The smallest absolute Gasteiger partial charge is 0.230 e. The Balaban J connectivity index is 1.54. The number of carbonyl (C=O) groups excluding carboxylic acids is 1. The number of carbonyl (C=O) groups is 1. The minimum absolute atomic E-state index is 0.00981. The Bertz CT molecular complexity index is 976. The predicted octanol–water partition coefficient (Wildman–Crippen LogP) is 3.95. The fraction of sp³-hybridized carbons (Fsp3) is 0.300. The largest absolute Gasteiger partial charge is 0.355 e. The molecule has 0 aliphatic carbocycles. The van der Waals surface area contributed by atoms with Gasteiger partial charge in [0.05, 0.1) is 11.4 Å². The zero-order valence-electron chi connectivity index (χ0n) is 15.0. The summed E-state index contributed by atoms with van der Waals surface area (Å²) in [5, 5.41) is 3.93. The summed E-state index contributed by atoms with van der Waals surface area (Å²) in [6.07, 6.45) is 5.15. The van der Waals surface area contributed by atoms with Crippen LogP contribution in [0.25, 0.3) is 10.9 Å². The molecule has 0 radical (unpaired) electrons. The van der Waals surface area contributed by atoms with Gasteiger partial charge >= 0.3 is 0 Å². The predicted molar refractivity (Wildman–Crippen MR) is 110 cm³/mol. The molecule has 1 saturated heterocycles. The van der Waals surface area contributed by atoms with Crippen molar-refractivity contribution in [2.24, 2.45) is 5.92 Å². The van der Waals surface area contributed by atoms with Crippen molar-refractivity contribution < 1.29 is 4.79 Å². The van der Waals surface area contributed by atoms with E-state index in [4.69, 9.17) is 0 Å². The first-order valence-corrected chi connectivity index (χ1v) is 9.78. The van der Waals surface area contributed by atoms with Gasteiger partial charge in [0, 0.05) is 29.1 Å². The summed E-state index contributed by atoms with van der Waals surface area (Å²) >= 11 is 3.52. The molecule has 3 heterocycles. The Morgan fingerprint density at radius 3 is 2.93 bits per heavy atom. The molecule has 1 N–H and O–H groups in total. The van der Waals surface area contributed by atoms with E-state index >= 15 is 0 Å². The molecule has 6 nitrogen and oxygen atoms in total. The standard InChI is InChI=1S/C20H20BrN5O/c1-13-4-7-18(22-10-13)25-20(27)14-3-2-8-26(11-14)19-16-9-15(21)5-6-17(16)23-12-24-19/h4-7,9-10,12,14H,2-3,8,11H2,1H3,(H,22,25,27). The molecule has 7 heteroatoms. The number of amides is 1. The first-order valence-electron chi connectivity index (χ1n) is 8.99. The van der Waals surface area contributed by atoms with Crippen molar-refractivity contribution in [2.75, 3.05) is 23.3 Å². The van der Waals surface area contributed by atoms with Crippen LogP contribution in [0.15, 0.2) is 47.3 Å². The molecule has 1 aromatic carbocycles. The van der Waals surface area contributed by atoms with Crippen molar-refractivity contribution in [1.29, 1.82) is 0 Å². The van der Waals surface area contributed by atoms with Gasteiger partial charge in [-0.3, -0.25) is 4.79 Å². The van der Waals surface area contributed by atoms with Crippen molar-refractivity contribution in [3.05, 3.63) is 52.9 Å². The van der Waals surface area contributed by atoms with Gasteiger partial charge in [0.25, 0.3) is 0 Å². The van der Waals surface area contributed by atoms with E-state index in [0.717, 1.165) is 46.1 Å². The number of aryl methyl sites for hydroxylation is 1. The normalized spacial score (nSPS) is 17.1. The van der Waals surface area contributed by atoms with E-state index in [1.165, 1.54) is 0 Å². The molecule has 1 atom stereocenters. The van der Waals surface area contributed by atoms with E-state index in [1.807, 2.05) is 37.3 Å². The first-order chi connectivity index (χ1) is 13.1. The molecule has 0 saturated carbocycles. The third kappa shape index (κ3) is 3.93. The molecule has 1 aliphatic rings. The number of nitrogens with one attached hydrogen (secondary N) is 1. The van der Waals surface area contributed by atoms with E-state index in [-0.39, 0.29) is 11.8 Å². The monoisotopic (exact) mass is 425 g/mol. The molecule has 1 aliphatic heterocycles. The molecule has 3 aromatic rings. The number of rotatable bonds is 3. The van der Waals surface area contributed by atoms with Crippen molar-refractivity contribution in [3.63, 3.8) is 0 Å². The summed E-state index contributed by atoms with van der Waals surface area (Å²) in [6, 6.07) is 9.76. The Labute approximate surface area is 166 Å². The number of halogens is 1. The lowest BCUT2D eigenvalue weighted by atomic mass is 9.97. The number of piperidine rings is 1. The summed E-state index contributed by atoms with van der Waals surface area (Å²) < 4.78 is 0.989. The average Bonchev–Trinajstić information content (AvgIpc) is 2.69. The van der Waals surface area contributed by atoms with Gasteiger partial charge in [0.15, 0.2) is 0 Å². The molecular weight excluding hydrogens is 406 g/mol. The highest BCUT2D eigenvalue weighted by Gasteiger charge is 2.27. The lowest BCUT2D eigenvalue weighted by molar-refractivity contribution is -0.120. The fourth-order valence-electron chi connectivity index (χ4n) is 3.42. The Hall–Kier alpha value is -2.54. The van der Waals surface area contributed by atoms with Crippen LogP contribution in [0.3, 0.4) is 0 Å². The second kappa shape index (κ2) is 7.60. The maximum absolute atomic E-state index is 12.7. The van der Waals surface area contributed by atoms with Crippen molar-refractivity contribution in [2.45, 2.75) is 19.8 Å². The zero-order valence-corrected chi connectivity index (χ0v) is 16.6. The van der Waals surface area contributed by atoms with Gasteiger partial charge in [-0.2, -0.15) is 0 Å². The Morgan fingerprint density at radius 2 is 2.11 bits per heavy atom. The summed E-state index contributed by atoms with van der Waals surface area (Å²) in [6.45, 7) is 3.49. The molecular formula is C20H20BrN5O. The molecule has 1 amide bonds. The van der Waals surface area contributed by atoms with E-state index in [2.05, 4.69) is 41.1 Å². The van der Waals surface area contributed by atoms with Crippen LogP contribution < -0.4 is 10.2 Å². The Kier molecular flexibility index (Phi) is 5.03. The molecule has 0 bridgehead atoms. The van der Waals surface area contributed by atoms with Gasteiger partial charge < -0.3 is 10.2 Å². The lowest BCUT2D eigenvalue weighted by Gasteiger charge is -2.33. The van der Waals surface area contributed by atoms with E-state index < -0.39 is 0 Å². The van der Waals surface area contributed by atoms with Gasteiger partial charge in [-0.25, -0.2) is 15.0 Å². The van der Waals surface area contributed by atoms with E-state index in [9.17, 15) is 4.79 Å². The molecule has 138 valence electrons. The fourth-order valence-corrected chi connectivity index (χ4v) is 3.78. The number of nitrogens with zero attached hydrogens (tertiary/aromatic N) is 4. The lowest BCUT2D eigenvalue weighted by Crippen LogP contribution is -2.41. The molecule has 27 heavy (non-hydrogen) atoms. The van der Waals surface area contributed by atoms with Gasteiger partial charge in [-0.05, 0) is 49.6 Å². The highest BCUT2D eigenvalue weighted by Crippen LogP contribution is 2.29. The number of hydrogen-bond donors (Lipinski definition) is 1. The molecule has 4 rings (SSSR count). The number of pyridine rings is 1. The zero-order chi connectivity index (χ0) is 18.8. The SMILES string of the molecule is Cc1ccc(NC(=O)C2CCCN(c3ncnc4ccc(Br)cc34)C2)nc1. The van der Waals surface area contributed by atoms with E-state index in [1.54, 1.807) is 12.5 Å². The van der Waals surface area contributed by atoms with Crippen molar-refractivity contribution in [3.8, 4) is 0 Å². The average molecular weight is 426 g/mol. The van der Waals surface area contributed by atoms with E-state index in [0.29, 0.717) is 12.4 Å². The van der Waals surface area contributed by atoms with Crippen LogP contribution in [0.2, 0.25) is 0 Å². The number of aromatic nitrogens is 3. The van der Waals surface area contributed by atoms with Crippen LogP contribution in [0.1, 0.15) is 18.4 Å². The van der Waals surface area contributed by atoms with Crippen molar-refractivity contribution in [1.82, 2.24) is 15.0 Å². The van der Waals surface area contributed by atoms with Crippen LogP contribution in [-0.2, 0) is 4.79 Å². The maximum atomic E-state index is 12.7. The highest BCUT2D eigenvalue weighted by atomic mass is 79.9. The van der Waals surface area contributed by atoms with Crippen LogP contribution in [0.5, 0.6) is 0 Å². The first kappa shape index (κ1) is 17.9. The summed E-state index contributed by atoms with van der Waals surface area (Å²) in [5.74, 6) is 1.39. The van der Waals surface area contributed by atoms with Crippen LogP contribution in [0, 0.1) is 12.8 Å². The topological polar surface area (TPSA) is 71.0 Å². The quantitative estimate of drug-likeness (QED) is 0.687. The number of fused-ring (bicyclic) bond motifs is 1. The Morgan fingerprint density at radius 1 is 1.22 bits per heavy atom. The maximum Gasteiger partial charge on any atom is 0.230 e. The summed E-state index contributed by atoms with van der Waals surface area (Å²) in [7, 11) is 0. The minimum atomic E-state index is -0.0981. The second-order valence-corrected chi connectivity index (χ2v) is 7.77. The van der Waals surface area contributed by atoms with Gasteiger partial charge in [-0.1, -0.05) is 22.0 Å². The van der Waals surface area contributed by atoms with Crippen LogP contribution in [0.4, 0.5) is 11.6 Å². The van der Waals surface area contributed by atoms with Gasteiger partial charge in [0.2, 0.25) is 5.91 Å². The number of benzene rings is 1. The summed E-state index contributed by atoms with van der Waals surface area (Å²) in [4.78, 5) is 28.0. The minimum Gasteiger partial charge on any atom is -0.355 e. The third-order valence-electron chi connectivity index (χ3n) is 4.83. The van der Waals surface area contributed by atoms with Crippen molar-refractivity contribution >= 4 is 44.4 Å². The molecule has 1 fully saturated rings. The number of hydrogen-bond acceptors (Lipinski definition) is 5. The molecule has 1 unspecified atom stereocenters.